The molecule has 5 saturated carbocycles. The summed E-state index contributed by atoms with van der Waals surface area (Å²) in [5.41, 5.74) is 9.92. The van der Waals surface area contributed by atoms with E-state index >= 15 is 0 Å². The van der Waals surface area contributed by atoms with Gasteiger partial charge in [0.15, 0.2) is 0 Å². The number of aromatic nitrogens is 3. The Hall–Kier alpha value is -5.36. The minimum Gasteiger partial charge on any atom is -0.507 e. The molecule has 5 aliphatic rings. The number of halogens is 2. The van der Waals surface area contributed by atoms with Crippen molar-refractivity contribution in [3.05, 3.63) is 107 Å². The van der Waals surface area contributed by atoms with Gasteiger partial charge in [-0.2, -0.15) is 0 Å². The number of Topliss-reactive ketones (excluding diaryl/α,β-unsaturated/α-hetero) is 2. The third-order valence-corrected chi connectivity index (χ3v) is 19.7. The minimum absolute atomic E-state index is 0.00481. The number of aromatic amines is 2. The molecule has 0 radical (unpaired) electrons. The summed E-state index contributed by atoms with van der Waals surface area (Å²) in [7, 11) is 1.70. The maximum absolute atomic E-state index is 11.9. The van der Waals surface area contributed by atoms with Gasteiger partial charge in [0, 0.05) is 54.7 Å². The van der Waals surface area contributed by atoms with Crippen LogP contribution in [0, 0.1) is 81.0 Å². The van der Waals surface area contributed by atoms with E-state index in [0.29, 0.717) is 54.3 Å². The molecule has 18 heteroatoms. The Bertz CT molecular complexity index is 3130. The summed E-state index contributed by atoms with van der Waals surface area (Å²) in [6.45, 7) is 36.9. The number of rotatable bonds is 24. The fourth-order valence-corrected chi connectivity index (χ4v) is 13.7. The molecule has 0 amide bonds. The number of hydrogen-bond donors (Lipinski definition) is 4. The quantitative estimate of drug-likeness (QED) is 0.0377. The number of esters is 2. The number of pyridine rings is 3. The molecule has 4 N–H and O–H groups in total. The molecule has 93 heavy (non-hydrogen) atoms. The van der Waals surface area contributed by atoms with E-state index in [9.17, 15) is 43.8 Å². The molecular formula is C75H113Br2N3O13. The van der Waals surface area contributed by atoms with Gasteiger partial charge in [-0.25, -0.2) is 9.78 Å². The molecule has 0 spiro atoms. The molecule has 5 fully saturated rings. The van der Waals surface area contributed by atoms with E-state index < -0.39 is 23.4 Å². The summed E-state index contributed by atoms with van der Waals surface area (Å²) >= 11 is 7.38. The van der Waals surface area contributed by atoms with Crippen LogP contribution in [0.15, 0.2) is 27.7 Å². The van der Waals surface area contributed by atoms with Crippen LogP contribution in [-0.4, -0.2) is 69.0 Å². The summed E-state index contributed by atoms with van der Waals surface area (Å²) in [5.74, 6) is 4.35. The Kier molecular flexibility index (Phi) is 32.1. The lowest BCUT2D eigenvalue weighted by Crippen LogP contribution is -2.30. The third kappa shape index (κ3) is 24.7. The SMILES string of the molecule is CCOC(=O)C(C(=O)CCC1CC1)C(C)C.CCOC(=O)C(C(C)=O)C(C)C.COc1nc(C)c(CC2CC2)c(Br)c1C(C)C.Cc1[nH]c(=O)c(C(C)C)c(Br)c1CC1CC1.Cc1[nH]c(=O)c(C(C)C)c(O)c1CC1CC1.Cc1oc(=O)c(C(C)C)c(O)c1CC1CC1. The smallest absolute Gasteiger partial charge is 0.343 e. The Labute approximate surface area is 571 Å². The maximum atomic E-state index is 11.9. The molecule has 0 saturated heterocycles. The van der Waals surface area contributed by atoms with Crippen molar-refractivity contribution in [3.8, 4) is 17.4 Å². The zero-order chi connectivity index (χ0) is 70.0. The Morgan fingerprint density at radius 3 is 1.31 bits per heavy atom. The molecule has 9 rings (SSSR count). The molecule has 4 aromatic heterocycles. The first-order valence-electron chi connectivity index (χ1n) is 34.4. The molecule has 4 heterocycles. The highest BCUT2D eigenvalue weighted by Gasteiger charge is 2.34. The standard InChI is InChI=1S/C14H20BrNO.C13H18BrNO.C13H19NO2.C13H18O3.C13H22O3.C9H16O3/c1-8(2)12-13(15)11(7-10-5-6-10)9(3)16-14(12)17-4;1-7(2)11-12(14)10(6-9-4-5-9)8(3)15-13(11)16;1-7(2)11-12(15)10(6-9-4-5-9)8(3)14-13(11)16;1-7(2)11-12(14)10(6-9-4-5-9)8(3)16-13(11)15;1-4-16-13(15)12(9(2)3)11(14)8-7-10-5-6-10;1-5-12-9(11)8(6(2)3)7(4)10/h8,10H,5-7H2,1-4H3;7,9H,4-6H2,1-3H3,(H,15,16);7,9H,4-6H2,1-3H3,(H2,14,15,16);7,9,14H,4-6H2,1-3H3;9-10,12H,4-8H2,1-3H3;6,8H,5H2,1-4H3. The van der Waals surface area contributed by atoms with Crippen LogP contribution in [0.4, 0.5) is 0 Å². The molecule has 0 bridgehead atoms. The number of ether oxygens (including phenoxy) is 3. The van der Waals surface area contributed by atoms with Crippen LogP contribution in [-0.2, 0) is 54.3 Å². The molecule has 5 aliphatic carbocycles. The molecule has 0 aliphatic heterocycles. The van der Waals surface area contributed by atoms with Crippen molar-refractivity contribution >= 4 is 55.4 Å². The van der Waals surface area contributed by atoms with E-state index in [-0.39, 0.29) is 69.7 Å². The second-order valence-corrected chi connectivity index (χ2v) is 30.0. The summed E-state index contributed by atoms with van der Waals surface area (Å²) < 4.78 is 22.6. The maximum Gasteiger partial charge on any atom is 0.343 e. The third-order valence-electron chi connectivity index (χ3n) is 17.9. The molecule has 4 aromatic rings. The highest BCUT2D eigenvalue weighted by atomic mass is 79.9. The van der Waals surface area contributed by atoms with E-state index in [4.69, 9.17) is 18.6 Å². The monoisotopic (exact) mass is 1420 g/mol. The number of aryl methyl sites for hydroxylation is 4. The second-order valence-electron chi connectivity index (χ2n) is 28.4. The Morgan fingerprint density at radius 1 is 0.538 bits per heavy atom. The van der Waals surface area contributed by atoms with E-state index in [1.165, 1.54) is 92.3 Å². The summed E-state index contributed by atoms with van der Waals surface area (Å²) in [6, 6.07) is 0. The van der Waals surface area contributed by atoms with E-state index in [2.05, 4.69) is 81.4 Å². The van der Waals surface area contributed by atoms with Gasteiger partial charge in [-0.05, 0) is 240 Å². The number of carbonyl (C=O) groups excluding carboxylic acids is 4. The zero-order valence-corrected chi connectivity index (χ0v) is 63.0. The number of carbonyl (C=O) groups is 4. The van der Waals surface area contributed by atoms with Crippen molar-refractivity contribution < 1.29 is 48.0 Å². The van der Waals surface area contributed by atoms with Gasteiger partial charge in [-0.1, -0.05) is 95.9 Å². The molecular weight excluding hydrogens is 1310 g/mol. The molecule has 520 valence electrons. The van der Waals surface area contributed by atoms with Crippen LogP contribution in [0.1, 0.15) is 272 Å². The van der Waals surface area contributed by atoms with Crippen LogP contribution in [0.2, 0.25) is 0 Å². The highest BCUT2D eigenvalue weighted by Crippen LogP contribution is 2.43. The lowest BCUT2D eigenvalue weighted by Gasteiger charge is -2.18. The average molecular weight is 1420 g/mol. The summed E-state index contributed by atoms with van der Waals surface area (Å²) in [6.07, 6.45) is 18.3. The molecule has 0 aromatic carbocycles. The topological polar surface area (TPSA) is 245 Å². The van der Waals surface area contributed by atoms with E-state index in [0.717, 1.165) is 94.0 Å². The fraction of sp³-hybridized carbons (Fsp3) is 0.680. The van der Waals surface area contributed by atoms with Crippen LogP contribution in [0.5, 0.6) is 17.4 Å². The minimum atomic E-state index is -0.593. The van der Waals surface area contributed by atoms with Gasteiger partial charge < -0.3 is 38.8 Å². The second kappa shape index (κ2) is 37.2. The summed E-state index contributed by atoms with van der Waals surface area (Å²) in [4.78, 5) is 91.4. The average Bonchev–Trinajstić information content (AvgIpc) is 1.23. The summed E-state index contributed by atoms with van der Waals surface area (Å²) in [5, 5.41) is 20.3. The van der Waals surface area contributed by atoms with Gasteiger partial charge in [-0.15, -0.1) is 0 Å². The number of H-pyrrole nitrogens is 2. The van der Waals surface area contributed by atoms with E-state index in [1.54, 1.807) is 27.9 Å². The van der Waals surface area contributed by atoms with Crippen molar-refractivity contribution in [2.24, 2.45) is 53.3 Å². The van der Waals surface area contributed by atoms with Crippen molar-refractivity contribution in [1.29, 1.82) is 0 Å². The predicted molar refractivity (Wildman–Crippen MR) is 377 cm³/mol. The van der Waals surface area contributed by atoms with Gasteiger partial charge in [-0.3, -0.25) is 28.8 Å². The number of nitrogens with one attached hydrogen (secondary N) is 2. The predicted octanol–water partition coefficient (Wildman–Crippen LogP) is 16.9. The fourth-order valence-electron chi connectivity index (χ4n) is 11.6. The van der Waals surface area contributed by atoms with Crippen LogP contribution >= 0.6 is 31.9 Å². The lowest BCUT2D eigenvalue weighted by atomic mass is 9.89. The number of hydrogen-bond acceptors (Lipinski definition) is 14. The Balaban J connectivity index is 0.000000239. The highest BCUT2D eigenvalue weighted by molar-refractivity contribution is 9.11. The van der Waals surface area contributed by atoms with Gasteiger partial charge in [0.2, 0.25) is 5.88 Å². The number of methoxy groups -OCH3 is 1. The van der Waals surface area contributed by atoms with Crippen LogP contribution in [0.25, 0.3) is 0 Å². The number of nitrogens with zero attached hydrogens (tertiary/aromatic N) is 1. The molecule has 16 nitrogen and oxygen atoms in total. The Morgan fingerprint density at radius 2 is 0.914 bits per heavy atom. The molecule has 2 unspecified atom stereocenters. The lowest BCUT2D eigenvalue weighted by molar-refractivity contribution is -0.154. The van der Waals surface area contributed by atoms with Crippen molar-refractivity contribution in [2.45, 2.75) is 258 Å². The van der Waals surface area contributed by atoms with Crippen LogP contribution in [0.3, 0.4) is 0 Å². The normalized spacial score (nSPS) is 15.6. The van der Waals surface area contributed by atoms with Crippen LogP contribution < -0.4 is 21.5 Å². The zero-order valence-electron chi connectivity index (χ0n) is 59.8. The van der Waals surface area contributed by atoms with E-state index in [1.807, 2.05) is 69.2 Å². The largest absolute Gasteiger partial charge is 0.507 e. The van der Waals surface area contributed by atoms with Gasteiger partial charge in [0.25, 0.3) is 11.1 Å². The first-order chi connectivity index (χ1) is 43.6. The van der Waals surface area contributed by atoms with Gasteiger partial charge >= 0.3 is 17.6 Å². The van der Waals surface area contributed by atoms with Crippen molar-refractivity contribution in [2.75, 3.05) is 20.3 Å². The molecule has 2 atom stereocenters. The number of ketones is 2. The first-order valence-corrected chi connectivity index (χ1v) is 36.0. The first kappa shape index (κ1) is 80.1. The number of aromatic hydroxyl groups is 2. The van der Waals surface area contributed by atoms with Gasteiger partial charge in [0.05, 0.1) is 31.5 Å². The van der Waals surface area contributed by atoms with Crippen molar-refractivity contribution in [3.63, 3.8) is 0 Å². The van der Waals surface area contributed by atoms with Crippen molar-refractivity contribution in [1.82, 2.24) is 15.0 Å². The van der Waals surface area contributed by atoms with Gasteiger partial charge in [0.1, 0.15) is 40.7 Å².